The molecule has 70 valence electrons. The van der Waals surface area contributed by atoms with E-state index < -0.39 is 0 Å². The first-order valence-corrected chi connectivity index (χ1v) is 5.96. The predicted molar refractivity (Wildman–Crippen MR) is 65.7 cm³/mol. The Balaban J connectivity index is 2.61. The topological polar surface area (TPSA) is 0 Å². The molecule has 0 nitrogen and oxygen atoms in total. The number of benzene rings is 1. The van der Waals surface area contributed by atoms with Crippen molar-refractivity contribution in [2.45, 2.75) is 5.25 Å². The molecule has 0 amide bonds. The van der Waals surface area contributed by atoms with Gasteiger partial charge in [0, 0.05) is 11.0 Å². The first kappa shape index (κ1) is 10.7. The minimum absolute atomic E-state index is 0.411. The summed E-state index contributed by atoms with van der Waals surface area (Å²) in [5.41, 5.74) is 1.32. The molecular weight excluding hydrogens is 196 g/mol. The zero-order valence-corrected chi connectivity index (χ0v) is 9.23. The van der Waals surface area contributed by atoms with Crippen LogP contribution >= 0.6 is 24.4 Å². The SMILES string of the molecule is C=CC(SCCS)c1ccccc1. The second-order valence-electron chi connectivity index (χ2n) is 2.66. The fourth-order valence-corrected chi connectivity index (χ4v) is 2.28. The second kappa shape index (κ2) is 6.17. The minimum Gasteiger partial charge on any atom is -0.179 e. The molecule has 0 fully saturated rings. The number of rotatable bonds is 5. The molecule has 1 aromatic rings. The highest BCUT2D eigenvalue weighted by Gasteiger charge is 2.05. The summed E-state index contributed by atoms with van der Waals surface area (Å²) >= 11 is 6.07. The van der Waals surface area contributed by atoms with Crippen LogP contribution in [0.15, 0.2) is 43.0 Å². The smallest absolute Gasteiger partial charge is 0.0474 e. The zero-order valence-electron chi connectivity index (χ0n) is 7.52. The van der Waals surface area contributed by atoms with Crippen LogP contribution in [0.1, 0.15) is 10.8 Å². The van der Waals surface area contributed by atoms with Gasteiger partial charge in [-0.15, -0.1) is 18.3 Å². The molecule has 13 heavy (non-hydrogen) atoms. The van der Waals surface area contributed by atoms with Gasteiger partial charge >= 0.3 is 0 Å². The summed E-state index contributed by atoms with van der Waals surface area (Å²) in [4.78, 5) is 0. The average Bonchev–Trinajstić information content (AvgIpc) is 2.21. The van der Waals surface area contributed by atoms with Crippen molar-refractivity contribution < 1.29 is 0 Å². The van der Waals surface area contributed by atoms with Gasteiger partial charge in [0.2, 0.25) is 0 Å². The van der Waals surface area contributed by atoms with E-state index in [-0.39, 0.29) is 0 Å². The van der Waals surface area contributed by atoms with E-state index >= 15 is 0 Å². The molecule has 0 aliphatic carbocycles. The Morgan fingerprint density at radius 3 is 2.62 bits per heavy atom. The Labute approximate surface area is 89.8 Å². The lowest BCUT2D eigenvalue weighted by Crippen LogP contribution is -1.91. The fraction of sp³-hybridized carbons (Fsp3) is 0.273. The van der Waals surface area contributed by atoms with E-state index in [2.05, 4.69) is 43.5 Å². The van der Waals surface area contributed by atoms with Gasteiger partial charge in [0.25, 0.3) is 0 Å². The molecule has 1 aromatic carbocycles. The third kappa shape index (κ3) is 3.49. The normalized spacial score (nSPS) is 12.4. The summed E-state index contributed by atoms with van der Waals surface area (Å²) < 4.78 is 0. The number of hydrogen-bond acceptors (Lipinski definition) is 2. The standard InChI is InChI=1S/C11H14S2/c1-2-11(13-9-8-12)10-6-4-3-5-7-10/h2-7,11-12H,1,8-9H2. The lowest BCUT2D eigenvalue weighted by atomic mass is 10.1. The maximum atomic E-state index is 4.19. The van der Waals surface area contributed by atoms with Gasteiger partial charge in [-0.3, -0.25) is 0 Å². The molecule has 1 atom stereocenters. The third-order valence-corrected chi connectivity index (χ3v) is 3.52. The van der Waals surface area contributed by atoms with E-state index in [1.165, 1.54) is 5.56 Å². The summed E-state index contributed by atoms with van der Waals surface area (Å²) in [6.07, 6.45) is 1.99. The van der Waals surface area contributed by atoms with Crippen molar-refractivity contribution in [1.29, 1.82) is 0 Å². The molecule has 0 aromatic heterocycles. The van der Waals surface area contributed by atoms with Crippen molar-refractivity contribution >= 4 is 24.4 Å². The molecule has 1 unspecified atom stereocenters. The Bertz CT molecular complexity index is 244. The molecule has 0 bridgehead atoms. The first-order valence-electron chi connectivity index (χ1n) is 4.28. The predicted octanol–water partition coefficient (Wildman–Crippen LogP) is 3.58. The van der Waals surface area contributed by atoms with Crippen LogP contribution in [-0.4, -0.2) is 11.5 Å². The molecule has 0 spiro atoms. The van der Waals surface area contributed by atoms with Crippen LogP contribution in [0.5, 0.6) is 0 Å². The van der Waals surface area contributed by atoms with E-state index in [1.54, 1.807) is 0 Å². The van der Waals surface area contributed by atoms with Crippen molar-refractivity contribution in [2.75, 3.05) is 11.5 Å². The summed E-state index contributed by atoms with van der Waals surface area (Å²) in [5.74, 6) is 1.98. The number of thioether (sulfide) groups is 1. The Morgan fingerprint density at radius 2 is 2.08 bits per heavy atom. The van der Waals surface area contributed by atoms with Crippen molar-refractivity contribution in [2.24, 2.45) is 0 Å². The van der Waals surface area contributed by atoms with Gasteiger partial charge in [-0.2, -0.15) is 12.6 Å². The maximum absolute atomic E-state index is 4.19. The van der Waals surface area contributed by atoms with Crippen LogP contribution in [0.25, 0.3) is 0 Å². The molecule has 0 saturated heterocycles. The largest absolute Gasteiger partial charge is 0.179 e. The van der Waals surface area contributed by atoms with Crippen LogP contribution in [0, 0.1) is 0 Å². The minimum atomic E-state index is 0.411. The van der Waals surface area contributed by atoms with Gasteiger partial charge in [-0.05, 0) is 11.3 Å². The maximum Gasteiger partial charge on any atom is 0.0474 e. The van der Waals surface area contributed by atoms with Crippen molar-refractivity contribution in [3.8, 4) is 0 Å². The monoisotopic (exact) mass is 210 g/mol. The van der Waals surface area contributed by atoms with E-state index in [9.17, 15) is 0 Å². The van der Waals surface area contributed by atoms with Crippen LogP contribution in [0.4, 0.5) is 0 Å². The molecule has 2 heteroatoms. The van der Waals surface area contributed by atoms with Crippen LogP contribution in [0.3, 0.4) is 0 Å². The lowest BCUT2D eigenvalue weighted by Gasteiger charge is -2.11. The summed E-state index contributed by atoms with van der Waals surface area (Å²) in [7, 11) is 0. The van der Waals surface area contributed by atoms with Gasteiger partial charge in [0.15, 0.2) is 0 Å². The van der Waals surface area contributed by atoms with E-state index in [0.29, 0.717) is 5.25 Å². The van der Waals surface area contributed by atoms with E-state index in [0.717, 1.165) is 11.5 Å². The van der Waals surface area contributed by atoms with Gasteiger partial charge in [0.1, 0.15) is 0 Å². The van der Waals surface area contributed by atoms with E-state index in [4.69, 9.17) is 0 Å². The molecule has 0 aliphatic heterocycles. The summed E-state index contributed by atoms with van der Waals surface area (Å²) in [6, 6.07) is 10.4. The van der Waals surface area contributed by atoms with Gasteiger partial charge in [-0.1, -0.05) is 36.4 Å². The van der Waals surface area contributed by atoms with Crippen LogP contribution in [0.2, 0.25) is 0 Å². The Kier molecular flexibility index (Phi) is 5.09. The van der Waals surface area contributed by atoms with Gasteiger partial charge < -0.3 is 0 Å². The summed E-state index contributed by atoms with van der Waals surface area (Å²) in [6.45, 7) is 3.84. The molecule has 0 heterocycles. The molecule has 0 aliphatic rings. The highest BCUT2D eigenvalue weighted by Crippen LogP contribution is 2.29. The second-order valence-corrected chi connectivity index (χ2v) is 4.36. The fourth-order valence-electron chi connectivity index (χ4n) is 1.12. The van der Waals surface area contributed by atoms with Crippen LogP contribution in [-0.2, 0) is 0 Å². The highest BCUT2D eigenvalue weighted by molar-refractivity contribution is 8.00. The van der Waals surface area contributed by atoms with Crippen molar-refractivity contribution in [3.63, 3.8) is 0 Å². The molecule has 0 radical (unpaired) electrons. The highest BCUT2D eigenvalue weighted by atomic mass is 32.2. The lowest BCUT2D eigenvalue weighted by molar-refractivity contribution is 1.23. The van der Waals surface area contributed by atoms with Crippen molar-refractivity contribution in [1.82, 2.24) is 0 Å². The zero-order chi connectivity index (χ0) is 9.52. The average molecular weight is 210 g/mol. The van der Waals surface area contributed by atoms with E-state index in [1.807, 2.05) is 23.9 Å². The Hall–Kier alpha value is -0.340. The number of thiol groups is 1. The Morgan fingerprint density at radius 1 is 1.38 bits per heavy atom. The molecule has 0 N–H and O–H groups in total. The molecule has 0 saturated carbocycles. The van der Waals surface area contributed by atoms with Crippen molar-refractivity contribution in [3.05, 3.63) is 48.6 Å². The third-order valence-electron chi connectivity index (χ3n) is 1.73. The number of hydrogen-bond donors (Lipinski definition) is 1. The van der Waals surface area contributed by atoms with Gasteiger partial charge in [-0.25, -0.2) is 0 Å². The van der Waals surface area contributed by atoms with Crippen LogP contribution < -0.4 is 0 Å². The molecule has 1 rings (SSSR count). The molecular formula is C11H14S2. The quantitative estimate of drug-likeness (QED) is 0.572. The first-order chi connectivity index (χ1) is 6.38. The van der Waals surface area contributed by atoms with Gasteiger partial charge in [0.05, 0.1) is 0 Å². The summed E-state index contributed by atoms with van der Waals surface area (Å²) in [5, 5.41) is 0.411.